The fourth-order valence-corrected chi connectivity index (χ4v) is 5.25. The predicted molar refractivity (Wildman–Crippen MR) is 163 cm³/mol. The Labute approximate surface area is 232 Å². The van der Waals surface area contributed by atoms with Crippen LogP contribution in [0.2, 0.25) is 0 Å². The van der Waals surface area contributed by atoms with E-state index in [9.17, 15) is 0 Å². The smallest absolute Gasteiger partial charge is 0.127 e. The predicted octanol–water partition coefficient (Wildman–Crippen LogP) is 10.3. The first-order chi connectivity index (χ1) is 18.1. The first-order valence-electron chi connectivity index (χ1n) is 14.6. The molecule has 0 saturated carbocycles. The maximum Gasteiger partial charge on any atom is 0.127 e. The molecule has 0 amide bonds. The van der Waals surface area contributed by atoms with Crippen LogP contribution in [0.25, 0.3) is 0 Å². The van der Waals surface area contributed by atoms with Gasteiger partial charge in [-0.2, -0.15) is 0 Å². The molecule has 0 aliphatic carbocycles. The highest BCUT2D eigenvalue weighted by atomic mass is 16.5. The zero-order valence-corrected chi connectivity index (χ0v) is 25.2. The Morgan fingerprint density at radius 3 is 2.45 bits per heavy atom. The van der Waals surface area contributed by atoms with Gasteiger partial charge in [-0.1, -0.05) is 80.0 Å². The molecule has 0 N–H and O–H groups in total. The number of hydrogen-bond acceptors (Lipinski definition) is 2. The molecule has 1 aliphatic heterocycles. The molecule has 0 saturated heterocycles. The van der Waals surface area contributed by atoms with Crippen LogP contribution in [0.1, 0.15) is 101 Å². The molecule has 2 heteroatoms. The minimum absolute atomic E-state index is 0.299. The van der Waals surface area contributed by atoms with E-state index in [1.54, 1.807) is 0 Å². The second-order valence-electron chi connectivity index (χ2n) is 11.9. The van der Waals surface area contributed by atoms with Crippen molar-refractivity contribution < 1.29 is 9.47 Å². The Hall–Kier alpha value is -2.74. The molecule has 1 heterocycles. The van der Waals surface area contributed by atoms with Gasteiger partial charge < -0.3 is 9.47 Å². The van der Waals surface area contributed by atoms with Crippen molar-refractivity contribution in [2.24, 2.45) is 5.92 Å². The molecule has 1 aliphatic rings. The van der Waals surface area contributed by atoms with Gasteiger partial charge in [-0.3, -0.25) is 0 Å². The van der Waals surface area contributed by atoms with E-state index in [0.717, 1.165) is 43.1 Å². The van der Waals surface area contributed by atoms with E-state index in [2.05, 4.69) is 104 Å². The van der Waals surface area contributed by atoms with Gasteiger partial charge >= 0.3 is 0 Å². The molecule has 3 rings (SSSR count). The first-order valence-corrected chi connectivity index (χ1v) is 14.6. The van der Waals surface area contributed by atoms with Gasteiger partial charge in [0.1, 0.15) is 23.7 Å². The van der Waals surface area contributed by atoms with Crippen LogP contribution in [0.4, 0.5) is 0 Å². The van der Waals surface area contributed by atoms with Crippen LogP contribution in [0.5, 0.6) is 11.5 Å². The number of benzene rings is 2. The van der Waals surface area contributed by atoms with E-state index in [1.165, 1.54) is 58.2 Å². The second kappa shape index (κ2) is 13.9. The summed E-state index contributed by atoms with van der Waals surface area (Å²) in [5, 5.41) is 0. The van der Waals surface area contributed by atoms with Gasteiger partial charge in [0.25, 0.3) is 0 Å². The van der Waals surface area contributed by atoms with Crippen LogP contribution >= 0.6 is 0 Å². The monoisotopic (exact) mass is 514 g/mol. The van der Waals surface area contributed by atoms with Gasteiger partial charge in [-0.25, -0.2) is 0 Å². The third-order valence-electron chi connectivity index (χ3n) is 7.96. The Kier molecular flexibility index (Phi) is 10.9. The molecule has 0 spiro atoms. The van der Waals surface area contributed by atoms with Gasteiger partial charge in [0.15, 0.2) is 0 Å². The van der Waals surface area contributed by atoms with Crippen LogP contribution in [0.3, 0.4) is 0 Å². The molecule has 2 aromatic carbocycles. The lowest BCUT2D eigenvalue weighted by atomic mass is 9.87. The Morgan fingerprint density at radius 2 is 1.74 bits per heavy atom. The molecule has 0 radical (unpaired) electrons. The standard InChI is InChI=1S/C36H50O2/c1-26(2)15-12-16-27(3)17-13-18-28(4)19-14-23-36(8)24-22-33-31(7)34(29(5)30(6)35(33)38-36)37-25-32-20-10-9-11-21-32/h9-11,14,17,19-21,23,26H,12-13,15-16,18,22,24-25H2,1-8H3/b23-14-,27-17+,28-19+/t36-/m0/s1. The molecule has 0 unspecified atom stereocenters. The minimum atomic E-state index is -0.299. The van der Waals surface area contributed by atoms with Crippen LogP contribution < -0.4 is 9.47 Å². The van der Waals surface area contributed by atoms with Gasteiger partial charge in [0, 0.05) is 5.56 Å². The Balaban J connectivity index is 1.61. The van der Waals surface area contributed by atoms with E-state index in [-0.39, 0.29) is 5.60 Å². The zero-order valence-electron chi connectivity index (χ0n) is 25.2. The van der Waals surface area contributed by atoms with Crippen molar-refractivity contribution in [1.82, 2.24) is 0 Å². The number of ether oxygens (including phenoxy) is 2. The van der Waals surface area contributed by atoms with Crippen molar-refractivity contribution in [3.8, 4) is 11.5 Å². The third-order valence-corrected chi connectivity index (χ3v) is 7.96. The number of hydrogen-bond donors (Lipinski definition) is 0. The van der Waals surface area contributed by atoms with Crippen molar-refractivity contribution in [2.45, 2.75) is 113 Å². The molecule has 2 nitrogen and oxygen atoms in total. The topological polar surface area (TPSA) is 18.5 Å². The van der Waals surface area contributed by atoms with Crippen LogP contribution in [0.15, 0.2) is 65.8 Å². The van der Waals surface area contributed by atoms with Crippen LogP contribution in [-0.4, -0.2) is 5.60 Å². The molecule has 38 heavy (non-hydrogen) atoms. The maximum absolute atomic E-state index is 6.70. The molecule has 0 fully saturated rings. The quantitative estimate of drug-likeness (QED) is 0.207. The summed E-state index contributed by atoms with van der Waals surface area (Å²) in [5.74, 6) is 2.86. The summed E-state index contributed by atoms with van der Waals surface area (Å²) in [7, 11) is 0. The lowest BCUT2D eigenvalue weighted by Crippen LogP contribution is -2.35. The summed E-state index contributed by atoms with van der Waals surface area (Å²) in [5.41, 5.74) is 8.71. The summed E-state index contributed by atoms with van der Waals surface area (Å²) < 4.78 is 13.0. The number of allylic oxidation sites excluding steroid dienone is 5. The maximum atomic E-state index is 6.70. The van der Waals surface area contributed by atoms with Gasteiger partial charge in [-0.15, -0.1) is 0 Å². The highest BCUT2D eigenvalue weighted by molar-refractivity contribution is 5.59. The molecule has 0 aromatic heterocycles. The van der Waals surface area contributed by atoms with Crippen molar-refractivity contribution in [2.75, 3.05) is 0 Å². The fraction of sp³-hybridized carbons (Fsp3) is 0.500. The van der Waals surface area contributed by atoms with E-state index >= 15 is 0 Å². The van der Waals surface area contributed by atoms with E-state index in [0.29, 0.717) is 6.61 Å². The summed E-state index contributed by atoms with van der Waals surface area (Å²) in [4.78, 5) is 0. The van der Waals surface area contributed by atoms with Crippen molar-refractivity contribution in [3.05, 3.63) is 93.6 Å². The van der Waals surface area contributed by atoms with Crippen LogP contribution in [0, 0.1) is 26.7 Å². The number of fused-ring (bicyclic) bond motifs is 1. The second-order valence-corrected chi connectivity index (χ2v) is 11.9. The average Bonchev–Trinajstić information content (AvgIpc) is 2.87. The number of rotatable bonds is 12. The van der Waals surface area contributed by atoms with Gasteiger partial charge in [-0.05, 0) is 114 Å². The fourth-order valence-electron chi connectivity index (χ4n) is 5.25. The largest absolute Gasteiger partial charge is 0.488 e. The lowest BCUT2D eigenvalue weighted by Gasteiger charge is -2.36. The molecular formula is C36H50O2. The highest BCUT2D eigenvalue weighted by Gasteiger charge is 2.32. The molecule has 1 atom stereocenters. The molecule has 0 bridgehead atoms. The zero-order chi connectivity index (χ0) is 27.7. The summed E-state index contributed by atoms with van der Waals surface area (Å²) in [6.07, 6.45) is 17.2. The van der Waals surface area contributed by atoms with E-state index < -0.39 is 0 Å². The van der Waals surface area contributed by atoms with Crippen molar-refractivity contribution in [1.29, 1.82) is 0 Å². The lowest BCUT2D eigenvalue weighted by molar-refractivity contribution is 0.112. The average molecular weight is 515 g/mol. The van der Waals surface area contributed by atoms with E-state index in [4.69, 9.17) is 9.47 Å². The molecule has 206 valence electrons. The minimum Gasteiger partial charge on any atom is -0.488 e. The van der Waals surface area contributed by atoms with Gasteiger partial charge in [0.2, 0.25) is 0 Å². The third kappa shape index (κ3) is 8.38. The van der Waals surface area contributed by atoms with E-state index in [1.807, 2.05) is 6.07 Å². The summed E-state index contributed by atoms with van der Waals surface area (Å²) in [6, 6.07) is 10.4. The summed E-state index contributed by atoms with van der Waals surface area (Å²) in [6.45, 7) is 18.4. The highest BCUT2D eigenvalue weighted by Crippen LogP contribution is 2.44. The first kappa shape index (κ1) is 29.8. The molecular weight excluding hydrogens is 464 g/mol. The normalized spacial score (nSPS) is 18.1. The van der Waals surface area contributed by atoms with Crippen molar-refractivity contribution in [3.63, 3.8) is 0 Å². The van der Waals surface area contributed by atoms with Crippen LogP contribution in [-0.2, 0) is 13.0 Å². The Bertz CT molecular complexity index is 1150. The Morgan fingerprint density at radius 1 is 1.00 bits per heavy atom. The SMILES string of the molecule is C/C(=C\C=C/[C@@]1(C)CCc2c(C)c(OCc3ccccc3)c(C)c(C)c2O1)CC/C=C(\C)CCCC(C)C. The summed E-state index contributed by atoms with van der Waals surface area (Å²) >= 11 is 0. The molecule has 2 aromatic rings. The van der Waals surface area contributed by atoms with Crippen molar-refractivity contribution >= 4 is 0 Å². The van der Waals surface area contributed by atoms with Gasteiger partial charge in [0.05, 0.1) is 0 Å².